The Morgan fingerprint density at radius 1 is 1.12 bits per heavy atom. The van der Waals surface area contributed by atoms with Crippen molar-refractivity contribution in [2.24, 2.45) is 0 Å². The third-order valence-electron chi connectivity index (χ3n) is 4.56. The number of hydrogen-bond donors (Lipinski definition) is 1. The van der Waals surface area contributed by atoms with Crippen molar-refractivity contribution in [3.8, 4) is 5.75 Å². The van der Waals surface area contributed by atoms with Crippen LogP contribution in [0.5, 0.6) is 5.75 Å². The summed E-state index contributed by atoms with van der Waals surface area (Å²) in [6.07, 6.45) is 0. The highest BCUT2D eigenvalue weighted by Gasteiger charge is 2.20. The molecule has 25 heavy (non-hydrogen) atoms. The SMILES string of the molecule is Oc1cc(N2CCN(Cc3cccc(Cl)c3Cl)CC2)cc2scnc12. The maximum atomic E-state index is 10.2. The highest BCUT2D eigenvalue weighted by molar-refractivity contribution is 7.16. The number of fused-ring (bicyclic) bond motifs is 1. The molecule has 2 aromatic carbocycles. The van der Waals surface area contributed by atoms with Crippen LogP contribution in [-0.4, -0.2) is 41.2 Å². The number of piperazine rings is 1. The minimum Gasteiger partial charge on any atom is -0.506 e. The van der Waals surface area contributed by atoms with Crippen molar-refractivity contribution in [1.82, 2.24) is 9.88 Å². The molecule has 4 nitrogen and oxygen atoms in total. The predicted molar refractivity (Wildman–Crippen MR) is 105 cm³/mol. The fraction of sp³-hybridized carbons (Fsp3) is 0.278. The van der Waals surface area contributed by atoms with Gasteiger partial charge in [-0.2, -0.15) is 0 Å². The van der Waals surface area contributed by atoms with E-state index in [9.17, 15) is 5.11 Å². The van der Waals surface area contributed by atoms with Crippen LogP contribution in [0, 0.1) is 0 Å². The zero-order valence-electron chi connectivity index (χ0n) is 13.5. The van der Waals surface area contributed by atoms with Gasteiger partial charge in [-0.25, -0.2) is 4.98 Å². The summed E-state index contributed by atoms with van der Waals surface area (Å²) >= 11 is 13.9. The van der Waals surface area contributed by atoms with Crippen molar-refractivity contribution in [1.29, 1.82) is 0 Å². The Hall–Kier alpha value is -1.53. The summed E-state index contributed by atoms with van der Waals surface area (Å²) in [4.78, 5) is 8.87. The molecule has 7 heteroatoms. The Labute approximate surface area is 160 Å². The van der Waals surface area contributed by atoms with Gasteiger partial charge in [-0.15, -0.1) is 11.3 Å². The van der Waals surface area contributed by atoms with Gasteiger partial charge >= 0.3 is 0 Å². The first-order valence-electron chi connectivity index (χ1n) is 8.08. The third-order valence-corrected chi connectivity index (χ3v) is 6.20. The molecule has 0 amide bonds. The molecule has 1 fully saturated rings. The lowest BCUT2D eigenvalue weighted by Gasteiger charge is -2.36. The van der Waals surface area contributed by atoms with Crippen molar-refractivity contribution in [3.63, 3.8) is 0 Å². The molecular weight excluding hydrogens is 377 g/mol. The number of aromatic hydroxyl groups is 1. The Bertz CT molecular complexity index is 906. The molecule has 0 radical (unpaired) electrons. The summed E-state index contributed by atoms with van der Waals surface area (Å²) in [6, 6.07) is 9.69. The summed E-state index contributed by atoms with van der Waals surface area (Å²) in [5, 5.41) is 11.4. The number of anilines is 1. The van der Waals surface area contributed by atoms with Crippen LogP contribution in [0.15, 0.2) is 35.8 Å². The lowest BCUT2D eigenvalue weighted by Crippen LogP contribution is -2.46. The lowest BCUT2D eigenvalue weighted by atomic mass is 10.2. The second-order valence-corrected chi connectivity index (χ2v) is 7.81. The number of rotatable bonds is 3. The molecule has 130 valence electrons. The first-order chi connectivity index (χ1) is 12.1. The van der Waals surface area contributed by atoms with Gasteiger partial charge in [0, 0.05) is 44.5 Å². The van der Waals surface area contributed by atoms with Crippen molar-refractivity contribution in [2.45, 2.75) is 6.54 Å². The molecule has 0 saturated carbocycles. The molecule has 3 aromatic rings. The Balaban J connectivity index is 1.44. The largest absolute Gasteiger partial charge is 0.506 e. The van der Waals surface area contributed by atoms with Gasteiger partial charge in [-0.3, -0.25) is 4.90 Å². The standard InChI is InChI=1S/C18H17Cl2N3OS/c19-14-3-1-2-12(17(14)20)10-22-4-6-23(7-5-22)13-8-15(24)18-16(9-13)25-11-21-18/h1-3,8-9,11,24H,4-7,10H2. The molecule has 4 rings (SSSR count). The van der Waals surface area contributed by atoms with Gasteiger partial charge < -0.3 is 10.0 Å². The van der Waals surface area contributed by atoms with Crippen LogP contribution in [-0.2, 0) is 6.54 Å². The monoisotopic (exact) mass is 393 g/mol. The van der Waals surface area contributed by atoms with Crippen molar-refractivity contribution in [3.05, 3.63) is 51.5 Å². The smallest absolute Gasteiger partial charge is 0.144 e. The van der Waals surface area contributed by atoms with Crippen LogP contribution in [0.25, 0.3) is 10.2 Å². The van der Waals surface area contributed by atoms with E-state index in [1.807, 2.05) is 24.3 Å². The molecule has 0 bridgehead atoms. The van der Waals surface area contributed by atoms with E-state index in [2.05, 4.69) is 20.9 Å². The van der Waals surface area contributed by atoms with E-state index in [0.29, 0.717) is 15.6 Å². The third kappa shape index (κ3) is 3.42. The van der Waals surface area contributed by atoms with Gasteiger partial charge in [0.05, 0.1) is 20.3 Å². The summed E-state index contributed by atoms with van der Waals surface area (Å²) in [5.74, 6) is 0.252. The van der Waals surface area contributed by atoms with E-state index >= 15 is 0 Å². The van der Waals surface area contributed by atoms with Gasteiger partial charge in [0.1, 0.15) is 11.3 Å². The maximum absolute atomic E-state index is 10.2. The van der Waals surface area contributed by atoms with Crippen LogP contribution in [0.1, 0.15) is 5.56 Å². The highest BCUT2D eigenvalue weighted by Crippen LogP contribution is 2.33. The first kappa shape index (κ1) is 16.9. The Kier molecular flexibility index (Phi) is 4.73. The number of aromatic nitrogens is 1. The fourth-order valence-corrected chi connectivity index (χ4v) is 4.30. The maximum Gasteiger partial charge on any atom is 0.144 e. The molecule has 0 atom stereocenters. The molecule has 0 aliphatic carbocycles. The number of thiazole rings is 1. The number of hydrogen-bond acceptors (Lipinski definition) is 5. The van der Waals surface area contributed by atoms with E-state index in [4.69, 9.17) is 23.2 Å². The van der Waals surface area contributed by atoms with Crippen LogP contribution in [0.3, 0.4) is 0 Å². The lowest BCUT2D eigenvalue weighted by molar-refractivity contribution is 0.250. The van der Waals surface area contributed by atoms with Gasteiger partial charge in [0.2, 0.25) is 0 Å². The fourth-order valence-electron chi connectivity index (χ4n) is 3.19. The number of phenolic OH excluding ortho intramolecular Hbond substituents is 1. The van der Waals surface area contributed by atoms with Crippen LogP contribution < -0.4 is 4.90 Å². The minimum absolute atomic E-state index is 0.252. The Morgan fingerprint density at radius 3 is 2.72 bits per heavy atom. The average molecular weight is 394 g/mol. The number of halogens is 2. The quantitative estimate of drug-likeness (QED) is 0.703. The van der Waals surface area contributed by atoms with E-state index < -0.39 is 0 Å². The molecule has 1 N–H and O–H groups in total. The highest BCUT2D eigenvalue weighted by atomic mass is 35.5. The van der Waals surface area contributed by atoms with Gasteiger partial charge in [-0.1, -0.05) is 35.3 Å². The molecule has 2 heterocycles. The normalized spacial score (nSPS) is 15.8. The number of nitrogens with zero attached hydrogens (tertiary/aromatic N) is 3. The van der Waals surface area contributed by atoms with E-state index in [1.54, 1.807) is 16.8 Å². The van der Waals surface area contributed by atoms with E-state index in [0.717, 1.165) is 48.7 Å². The van der Waals surface area contributed by atoms with Crippen molar-refractivity contribution < 1.29 is 5.11 Å². The first-order valence-corrected chi connectivity index (χ1v) is 9.72. The molecule has 1 aliphatic heterocycles. The van der Waals surface area contributed by atoms with Crippen LogP contribution in [0.4, 0.5) is 5.69 Å². The van der Waals surface area contributed by atoms with Crippen LogP contribution in [0.2, 0.25) is 10.0 Å². The number of phenols is 1. The minimum atomic E-state index is 0.252. The van der Waals surface area contributed by atoms with Crippen molar-refractivity contribution in [2.75, 3.05) is 31.1 Å². The molecule has 0 spiro atoms. The summed E-state index contributed by atoms with van der Waals surface area (Å²) < 4.78 is 1.02. The summed E-state index contributed by atoms with van der Waals surface area (Å²) in [7, 11) is 0. The van der Waals surface area contributed by atoms with Gasteiger partial charge in [0.25, 0.3) is 0 Å². The summed E-state index contributed by atoms with van der Waals surface area (Å²) in [6.45, 7) is 4.48. The van der Waals surface area contributed by atoms with Crippen molar-refractivity contribution >= 4 is 50.4 Å². The second-order valence-electron chi connectivity index (χ2n) is 6.14. The van der Waals surface area contributed by atoms with Gasteiger partial charge in [0.15, 0.2) is 0 Å². The zero-order valence-corrected chi connectivity index (χ0v) is 15.8. The topological polar surface area (TPSA) is 39.6 Å². The average Bonchev–Trinajstić information content (AvgIpc) is 3.09. The van der Waals surface area contributed by atoms with Crippen LogP contribution >= 0.6 is 34.5 Å². The number of benzene rings is 2. The Morgan fingerprint density at radius 2 is 1.92 bits per heavy atom. The predicted octanol–water partition coefficient (Wildman–Crippen LogP) is 4.63. The second kappa shape index (κ2) is 7.00. The summed E-state index contributed by atoms with van der Waals surface area (Å²) in [5.41, 5.74) is 4.56. The molecular formula is C18H17Cl2N3OS. The van der Waals surface area contributed by atoms with E-state index in [1.165, 1.54) is 0 Å². The molecule has 1 aromatic heterocycles. The zero-order chi connectivity index (χ0) is 17.4. The molecule has 1 aliphatic rings. The van der Waals surface area contributed by atoms with E-state index in [-0.39, 0.29) is 5.75 Å². The molecule has 1 saturated heterocycles. The van der Waals surface area contributed by atoms with Gasteiger partial charge in [-0.05, 0) is 17.7 Å². The molecule has 0 unspecified atom stereocenters.